The molecule has 0 radical (unpaired) electrons. The number of aryl methyl sites for hydroxylation is 1. The van der Waals surface area contributed by atoms with E-state index in [2.05, 4.69) is 6.92 Å². The van der Waals surface area contributed by atoms with Gasteiger partial charge in [0.2, 0.25) is 0 Å². The molecular formula is C20H28O4. The third kappa shape index (κ3) is 9.82. The maximum atomic E-state index is 11.6. The van der Waals surface area contributed by atoms with Crippen LogP contribution in [-0.4, -0.2) is 18.5 Å². The molecule has 24 heavy (non-hydrogen) atoms. The number of esters is 2. The van der Waals surface area contributed by atoms with Crippen LogP contribution in [0.3, 0.4) is 0 Å². The Kier molecular flexibility index (Phi) is 10.3. The van der Waals surface area contributed by atoms with Crippen LogP contribution >= 0.6 is 0 Å². The summed E-state index contributed by atoms with van der Waals surface area (Å²) in [6, 6.07) is 7.16. The number of hydrogen-bond acceptors (Lipinski definition) is 4. The molecule has 0 amide bonds. The topological polar surface area (TPSA) is 52.6 Å². The highest BCUT2D eigenvalue weighted by Gasteiger charge is 2.03. The van der Waals surface area contributed by atoms with Crippen molar-refractivity contribution < 1.29 is 19.1 Å². The molecule has 0 fully saturated rings. The van der Waals surface area contributed by atoms with Gasteiger partial charge in [-0.1, -0.05) is 57.6 Å². The largest absolute Gasteiger partial charge is 0.463 e. The molecule has 0 aliphatic carbocycles. The van der Waals surface area contributed by atoms with Crippen molar-refractivity contribution in [2.75, 3.05) is 6.61 Å². The van der Waals surface area contributed by atoms with Gasteiger partial charge >= 0.3 is 11.9 Å². The summed E-state index contributed by atoms with van der Waals surface area (Å²) in [5.41, 5.74) is 0.999. The van der Waals surface area contributed by atoms with Crippen molar-refractivity contribution in [1.29, 1.82) is 0 Å². The summed E-state index contributed by atoms with van der Waals surface area (Å²) >= 11 is 0. The van der Waals surface area contributed by atoms with Crippen LogP contribution < -0.4 is 4.74 Å². The average Bonchev–Trinajstić information content (AvgIpc) is 2.55. The molecule has 1 aromatic carbocycles. The van der Waals surface area contributed by atoms with Crippen LogP contribution in [0.1, 0.15) is 57.4 Å². The maximum Gasteiger partial charge on any atom is 0.336 e. The Hall–Kier alpha value is -2.10. The van der Waals surface area contributed by atoms with Crippen LogP contribution in [0.2, 0.25) is 0 Å². The lowest BCUT2D eigenvalue weighted by Crippen LogP contribution is -2.07. The molecule has 1 rings (SSSR count). The molecule has 1 aromatic rings. The van der Waals surface area contributed by atoms with Crippen molar-refractivity contribution in [3.05, 3.63) is 42.0 Å². The van der Waals surface area contributed by atoms with Gasteiger partial charge in [0.25, 0.3) is 0 Å². The van der Waals surface area contributed by atoms with Gasteiger partial charge in [-0.15, -0.1) is 0 Å². The second kappa shape index (κ2) is 12.3. The summed E-state index contributed by atoms with van der Waals surface area (Å²) in [5.74, 6) is -0.642. The number of carbonyl (C=O) groups excluding carboxylic acids is 2. The van der Waals surface area contributed by atoms with Crippen molar-refractivity contribution >= 4 is 11.9 Å². The van der Waals surface area contributed by atoms with Crippen LogP contribution in [0.5, 0.6) is 5.75 Å². The Morgan fingerprint density at radius 1 is 0.958 bits per heavy atom. The number of rotatable bonds is 11. The smallest absolute Gasteiger partial charge is 0.336 e. The zero-order valence-corrected chi connectivity index (χ0v) is 14.8. The fourth-order valence-electron chi connectivity index (χ4n) is 2.25. The van der Waals surface area contributed by atoms with E-state index in [-0.39, 0.29) is 0 Å². The quantitative estimate of drug-likeness (QED) is 0.254. The Morgan fingerprint density at radius 2 is 1.62 bits per heavy atom. The van der Waals surface area contributed by atoms with Crippen molar-refractivity contribution in [2.24, 2.45) is 0 Å². The van der Waals surface area contributed by atoms with E-state index in [0.29, 0.717) is 12.4 Å². The maximum absolute atomic E-state index is 11.6. The molecule has 0 aromatic heterocycles. The molecule has 4 heteroatoms. The minimum Gasteiger partial charge on any atom is -0.463 e. The van der Waals surface area contributed by atoms with E-state index in [1.165, 1.54) is 32.1 Å². The Labute approximate surface area is 144 Å². The molecule has 4 nitrogen and oxygen atoms in total. The first kappa shape index (κ1) is 19.9. The number of carbonyl (C=O) groups is 2. The zero-order chi connectivity index (χ0) is 17.6. The van der Waals surface area contributed by atoms with Gasteiger partial charge in [-0.2, -0.15) is 0 Å². The van der Waals surface area contributed by atoms with Gasteiger partial charge in [0, 0.05) is 12.2 Å². The number of benzene rings is 1. The highest BCUT2D eigenvalue weighted by atomic mass is 16.5. The molecule has 0 aliphatic rings. The molecule has 0 bridgehead atoms. The fraction of sp³-hybridized carbons (Fsp3) is 0.500. The summed E-state index contributed by atoms with van der Waals surface area (Å²) in [4.78, 5) is 23.1. The highest BCUT2D eigenvalue weighted by molar-refractivity contribution is 5.92. The average molecular weight is 332 g/mol. The first-order valence-corrected chi connectivity index (χ1v) is 8.75. The van der Waals surface area contributed by atoms with Crippen molar-refractivity contribution in [1.82, 2.24) is 0 Å². The lowest BCUT2D eigenvalue weighted by atomic mass is 10.1. The van der Waals surface area contributed by atoms with E-state index in [9.17, 15) is 9.59 Å². The molecular weight excluding hydrogens is 304 g/mol. The Morgan fingerprint density at radius 3 is 2.33 bits per heavy atom. The minimum atomic E-state index is -0.589. The van der Waals surface area contributed by atoms with Crippen molar-refractivity contribution in [3.63, 3.8) is 0 Å². The van der Waals surface area contributed by atoms with Gasteiger partial charge in [0.15, 0.2) is 0 Å². The summed E-state index contributed by atoms with van der Waals surface area (Å²) in [6.07, 6.45) is 10.4. The van der Waals surface area contributed by atoms with E-state index >= 15 is 0 Å². The molecule has 0 saturated carbocycles. The number of ether oxygens (including phenoxy) is 2. The SMILES string of the molecule is CCCCCCCCCOC(=O)/C=C/C(=O)Oc1cccc(C)c1. The first-order valence-electron chi connectivity index (χ1n) is 8.75. The third-order valence-electron chi connectivity index (χ3n) is 3.56. The Bertz CT molecular complexity index is 534. The van der Waals surface area contributed by atoms with Crippen LogP contribution in [0.15, 0.2) is 36.4 Å². The molecule has 132 valence electrons. The second-order valence-corrected chi connectivity index (χ2v) is 5.86. The van der Waals surface area contributed by atoms with E-state index in [1.54, 1.807) is 18.2 Å². The lowest BCUT2D eigenvalue weighted by molar-refractivity contribution is -0.138. The van der Waals surface area contributed by atoms with Crippen LogP contribution in [0, 0.1) is 6.92 Å². The number of unbranched alkanes of at least 4 members (excludes halogenated alkanes) is 6. The molecule has 0 unspecified atom stereocenters. The molecule has 0 N–H and O–H groups in total. The second-order valence-electron chi connectivity index (χ2n) is 5.86. The molecule has 0 aliphatic heterocycles. The monoisotopic (exact) mass is 332 g/mol. The van der Waals surface area contributed by atoms with E-state index in [0.717, 1.165) is 30.6 Å². The van der Waals surface area contributed by atoms with Gasteiger partial charge in [0.05, 0.1) is 6.61 Å². The number of hydrogen-bond donors (Lipinski definition) is 0. The summed E-state index contributed by atoms with van der Waals surface area (Å²) in [7, 11) is 0. The lowest BCUT2D eigenvalue weighted by Gasteiger charge is -2.03. The molecule has 0 atom stereocenters. The standard InChI is InChI=1S/C20H28O4/c1-3-4-5-6-7-8-9-15-23-19(21)13-14-20(22)24-18-12-10-11-17(2)16-18/h10-14,16H,3-9,15H2,1-2H3/b14-13+. The van der Waals surface area contributed by atoms with Gasteiger partial charge in [0.1, 0.15) is 5.75 Å². The van der Waals surface area contributed by atoms with Crippen molar-refractivity contribution in [3.8, 4) is 5.75 Å². The first-order chi connectivity index (χ1) is 11.6. The fourth-order valence-corrected chi connectivity index (χ4v) is 2.25. The third-order valence-corrected chi connectivity index (χ3v) is 3.56. The predicted molar refractivity (Wildman–Crippen MR) is 94.9 cm³/mol. The van der Waals surface area contributed by atoms with Crippen LogP contribution in [-0.2, 0) is 14.3 Å². The normalized spacial score (nSPS) is 10.8. The predicted octanol–water partition coefficient (Wildman–Crippen LogP) is 4.75. The van der Waals surface area contributed by atoms with Gasteiger partial charge in [-0.25, -0.2) is 9.59 Å². The van der Waals surface area contributed by atoms with Gasteiger partial charge in [-0.05, 0) is 31.0 Å². The van der Waals surface area contributed by atoms with Gasteiger partial charge in [-0.3, -0.25) is 0 Å². The van der Waals surface area contributed by atoms with E-state index < -0.39 is 11.9 Å². The van der Waals surface area contributed by atoms with Gasteiger partial charge < -0.3 is 9.47 Å². The molecule has 0 spiro atoms. The van der Waals surface area contributed by atoms with E-state index in [4.69, 9.17) is 9.47 Å². The molecule has 0 saturated heterocycles. The summed E-state index contributed by atoms with van der Waals surface area (Å²) in [5, 5.41) is 0. The Balaban J connectivity index is 2.13. The minimum absolute atomic E-state index is 0.393. The zero-order valence-electron chi connectivity index (χ0n) is 14.8. The van der Waals surface area contributed by atoms with Crippen molar-refractivity contribution in [2.45, 2.75) is 58.8 Å². The summed E-state index contributed by atoms with van der Waals surface area (Å²) < 4.78 is 10.2. The van der Waals surface area contributed by atoms with Crippen LogP contribution in [0.4, 0.5) is 0 Å². The van der Waals surface area contributed by atoms with Crippen LogP contribution in [0.25, 0.3) is 0 Å². The highest BCUT2D eigenvalue weighted by Crippen LogP contribution is 2.12. The van der Waals surface area contributed by atoms with E-state index in [1.807, 2.05) is 13.0 Å². The summed E-state index contributed by atoms with van der Waals surface area (Å²) in [6.45, 7) is 4.50. The molecule has 0 heterocycles.